The zero-order chi connectivity index (χ0) is 29.8. The van der Waals surface area contributed by atoms with Gasteiger partial charge in [0.2, 0.25) is 0 Å². The van der Waals surface area contributed by atoms with E-state index in [2.05, 4.69) is 41.4 Å². The van der Waals surface area contributed by atoms with Crippen molar-refractivity contribution in [2.45, 2.75) is 53.5 Å². The second kappa shape index (κ2) is 12.7. The van der Waals surface area contributed by atoms with E-state index < -0.39 is 5.92 Å². The van der Waals surface area contributed by atoms with Crippen LogP contribution in [0.4, 0.5) is 11.4 Å². The van der Waals surface area contributed by atoms with Crippen LogP contribution in [0, 0.1) is 26.7 Å². The van der Waals surface area contributed by atoms with Crippen molar-refractivity contribution in [3.8, 4) is 0 Å². The third-order valence-electron chi connectivity index (χ3n) is 8.30. The van der Waals surface area contributed by atoms with E-state index in [0.717, 1.165) is 51.2 Å². The molecule has 0 unspecified atom stereocenters. The van der Waals surface area contributed by atoms with Crippen LogP contribution in [0.3, 0.4) is 0 Å². The SMILES string of the molecule is CCN=Nc1c(N(C)C)ccc([C@H](c2ccc3c(c2)CN(C(=O)c2ccc(C)c(C)c2)CC3)[C@H](C)C(=O)OC)c1C. The summed E-state index contributed by atoms with van der Waals surface area (Å²) in [6, 6.07) is 16.5. The number of aryl methyl sites for hydroxylation is 2. The molecule has 3 aromatic carbocycles. The van der Waals surface area contributed by atoms with Crippen molar-refractivity contribution >= 4 is 23.3 Å². The fourth-order valence-corrected chi connectivity index (χ4v) is 5.73. The molecule has 0 bridgehead atoms. The number of nitrogens with zero attached hydrogens (tertiary/aromatic N) is 4. The average molecular weight is 555 g/mol. The average Bonchev–Trinajstić information content (AvgIpc) is 2.97. The fraction of sp³-hybridized carbons (Fsp3) is 0.412. The van der Waals surface area contributed by atoms with Crippen molar-refractivity contribution in [2.75, 3.05) is 39.2 Å². The number of amides is 1. The first-order valence-electron chi connectivity index (χ1n) is 14.3. The quantitative estimate of drug-likeness (QED) is 0.224. The van der Waals surface area contributed by atoms with Crippen LogP contribution < -0.4 is 4.90 Å². The largest absolute Gasteiger partial charge is 0.469 e. The predicted molar refractivity (Wildman–Crippen MR) is 164 cm³/mol. The van der Waals surface area contributed by atoms with Gasteiger partial charge in [-0.05, 0) is 91.3 Å². The molecule has 0 fully saturated rings. The molecular formula is C34H42N4O3. The van der Waals surface area contributed by atoms with Gasteiger partial charge in [-0.15, -0.1) is 0 Å². The van der Waals surface area contributed by atoms with E-state index in [0.29, 0.717) is 19.6 Å². The lowest BCUT2D eigenvalue weighted by Crippen LogP contribution is -2.36. The van der Waals surface area contributed by atoms with E-state index in [1.54, 1.807) is 0 Å². The summed E-state index contributed by atoms with van der Waals surface area (Å²) in [7, 11) is 5.41. The third kappa shape index (κ3) is 6.19. The molecule has 7 nitrogen and oxygen atoms in total. The minimum Gasteiger partial charge on any atom is -0.469 e. The second-order valence-corrected chi connectivity index (χ2v) is 11.2. The molecule has 0 saturated heterocycles. The molecule has 0 radical (unpaired) electrons. The van der Waals surface area contributed by atoms with E-state index >= 15 is 0 Å². The van der Waals surface area contributed by atoms with Crippen molar-refractivity contribution in [1.82, 2.24) is 4.90 Å². The van der Waals surface area contributed by atoms with Crippen LogP contribution in [-0.2, 0) is 22.5 Å². The Morgan fingerprint density at radius 1 is 1.00 bits per heavy atom. The summed E-state index contributed by atoms with van der Waals surface area (Å²) in [5.74, 6) is -0.920. The van der Waals surface area contributed by atoms with Gasteiger partial charge in [0.25, 0.3) is 5.91 Å². The van der Waals surface area contributed by atoms with Crippen LogP contribution in [0.1, 0.15) is 69.1 Å². The first kappa shape index (κ1) is 30.0. The molecule has 0 aliphatic carbocycles. The normalized spacial score (nSPS) is 14.5. The molecule has 41 heavy (non-hydrogen) atoms. The van der Waals surface area contributed by atoms with E-state index in [9.17, 15) is 9.59 Å². The van der Waals surface area contributed by atoms with E-state index in [1.165, 1.54) is 18.2 Å². The van der Waals surface area contributed by atoms with E-state index in [-0.39, 0.29) is 17.8 Å². The number of anilines is 1. The van der Waals surface area contributed by atoms with Gasteiger partial charge in [-0.2, -0.15) is 10.2 Å². The van der Waals surface area contributed by atoms with Crippen molar-refractivity contribution in [3.63, 3.8) is 0 Å². The number of esters is 1. The van der Waals surface area contributed by atoms with Gasteiger partial charge in [0.1, 0.15) is 5.69 Å². The summed E-state index contributed by atoms with van der Waals surface area (Å²) in [6.45, 7) is 11.8. The Hall–Kier alpha value is -4.00. The molecule has 4 rings (SSSR count). The molecule has 7 heteroatoms. The predicted octanol–water partition coefficient (Wildman–Crippen LogP) is 6.92. The highest BCUT2D eigenvalue weighted by Crippen LogP contribution is 2.42. The fourth-order valence-electron chi connectivity index (χ4n) is 5.73. The molecular weight excluding hydrogens is 512 g/mol. The molecule has 1 aliphatic heterocycles. The van der Waals surface area contributed by atoms with Gasteiger partial charge in [-0.3, -0.25) is 9.59 Å². The number of hydrogen-bond donors (Lipinski definition) is 0. The van der Waals surface area contributed by atoms with Gasteiger partial charge in [-0.25, -0.2) is 0 Å². The summed E-state index contributed by atoms with van der Waals surface area (Å²) in [5.41, 5.74) is 10.1. The van der Waals surface area contributed by atoms with Crippen molar-refractivity contribution in [2.24, 2.45) is 16.1 Å². The number of carbonyl (C=O) groups is 2. The first-order valence-corrected chi connectivity index (χ1v) is 14.3. The molecule has 0 N–H and O–H groups in total. The van der Waals surface area contributed by atoms with Gasteiger partial charge in [-0.1, -0.05) is 37.3 Å². The van der Waals surface area contributed by atoms with Crippen molar-refractivity contribution < 1.29 is 14.3 Å². The maximum Gasteiger partial charge on any atom is 0.309 e. The molecule has 1 aliphatic rings. The molecule has 1 amide bonds. The maximum atomic E-state index is 13.4. The zero-order valence-corrected chi connectivity index (χ0v) is 25.6. The minimum atomic E-state index is -0.435. The Morgan fingerprint density at radius 2 is 1.76 bits per heavy atom. The lowest BCUT2D eigenvalue weighted by atomic mass is 9.78. The van der Waals surface area contributed by atoms with Crippen LogP contribution in [-0.4, -0.2) is 51.1 Å². The Morgan fingerprint density at radius 3 is 2.41 bits per heavy atom. The van der Waals surface area contributed by atoms with Gasteiger partial charge >= 0.3 is 5.97 Å². The molecule has 0 saturated carbocycles. The minimum absolute atomic E-state index is 0.0460. The van der Waals surface area contributed by atoms with E-state index in [4.69, 9.17) is 4.74 Å². The Kier molecular flexibility index (Phi) is 9.26. The van der Waals surface area contributed by atoms with Gasteiger partial charge in [0, 0.05) is 38.7 Å². The number of azo groups is 1. The van der Waals surface area contributed by atoms with Gasteiger partial charge in [0.15, 0.2) is 0 Å². The smallest absolute Gasteiger partial charge is 0.309 e. The topological polar surface area (TPSA) is 74.6 Å². The number of benzene rings is 3. The Labute approximate surface area is 244 Å². The lowest BCUT2D eigenvalue weighted by Gasteiger charge is -2.31. The third-order valence-corrected chi connectivity index (χ3v) is 8.30. The summed E-state index contributed by atoms with van der Waals surface area (Å²) in [6.07, 6.45) is 0.793. The summed E-state index contributed by atoms with van der Waals surface area (Å²) < 4.78 is 5.22. The first-order chi connectivity index (χ1) is 19.6. The number of hydrogen-bond acceptors (Lipinski definition) is 6. The highest BCUT2D eigenvalue weighted by Gasteiger charge is 2.32. The van der Waals surface area contributed by atoms with Gasteiger partial charge < -0.3 is 14.5 Å². The maximum absolute atomic E-state index is 13.4. The highest BCUT2D eigenvalue weighted by molar-refractivity contribution is 5.94. The van der Waals surface area contributed by atoms with Crippen LogP contribution in [0.25, 0.3) is 0 Å². The summed E-state index contributed by atoms with van der Waals surface area (Å²) in [5, 5.41) is 8.87. The van der Waals surface area contributed by atoms with Crippen LogP contribution in [0.5, 0.6) is 0 Å². The number of fused-ring (bicyclic) bond motifs is 1. The van der Waals surface area contributed by atoms with Crippen LogP contribution in [0.15, 0.2) is 58.8 Å². The lowest BCUT2D eigenvalue weighted by molar-refractivity contribution is -0.145. The molecule has 0 spiro atoms. The molecule has 3 aromatic rings. The summed E-state index contributed by atoms with van der Waals surface area (Å²) in [4.78, 5) is 30.4. The van der Waals surface area contributed by atoms with Crippen LogP contribution >= 0.6 is 0 Å². The molecule has 216 valence electrons. The van der Waals surface area contributed by atoms with Crippen molar-refractivity contribution in [3.05, 3.63) is 93.0 Å². The second-order valence-electron chi connectivity index (χ2n) is 11.2. The number of ether oxygens (including phenoxy) is 1. The summed E-state index contributed by atoms with van der Waals surface area (Å²) >= 11 is 0. The number of carbonyl (C=O) groups excluding carboxylic acids is 2. The number of rotatable bonds is 8. The molecule has 0 aromatic heterocycles. The zero-order valence-electron chi connectivity index (χ0n) is 25.6. The monoisotopic (exact) mass is 554 g/mol. The standard InChI is InChI=1S/C34H42N4O3/c1-9-35-36-32-23(4)29(14-15-30(32)37(6)7)31(24(5)34(40)41-8)26-13-12-25-16-17-38(20-28(25)19-26)33(39)27-11-10-21(2)22(3)18-27/h10-15,18-19,24,31H,9,16-17,20H2,1-8H3/t24-,31-/m0/s1. The Balaban J connectivity index is 1.77. The van der Waals surface area contributed by atoms with Crippen LogP contribution in [0.2, 0.25) is 0 Å². The van der Waals surface area contributed by atoms with Gasteiger partial charge in [0.05, 0.1) is 25.3 Å². The molecule has 1 heterocycles. The Bertz CT molecular complexity index is 1480. The van der Waals surface area contributed by atoms with Crippen molar-refractivity contribution in [1.29, 1.82) is 0 Å². The number of methoxy groups -OCH3 is 1. The van der Waals surface area contributed by atoms with E-state index in [1.807, 2.05) is 75.9 Å². The molecule has 2 atom stereocenters. The highest BCUT2D eigenvalue weighted by atomic mass is 16.5.